The Hall–Kier alpha value is -2.14. The van der Waals surface area contributed by atoms with Gasteiger partial charge in [-0.3, -0.25) is 9.59 Å². The van der Waals surface area contributed by atoms with Crippen LogP contribution in [-0.2, 0) is 22.6 Å². The minimum absolute atomic E-state index is 0.000479. The average Bonchev–Trinajstić information content (AvgIpc) is 3.05. The second-order valence-electron chi connectivity index (χ2n) is 5.75. The van der Waals surface area contributed by atoms with Gasteiger partial charge in [0.15, 0.2) is 0 Å². The van der Waals surface area contributed by atoms with Gasteiger partial charge in [0.1, 0.15) is 0 Å². The van der Waals surface area contributed by atoms with Crippen LogP contribution in [-0.4, -0.2) is 11.8 Å². The van der Waals surface area contributed by atoms with Gasteiger partial charge in [-0.05, 0) is 46.5 Å². The number of carbonyl (C=O) groups is 2. The first-order valence-corrected chi connectivity index (χ1v) is 8.66. The van der Waals surface area contributed by atoms with Crippen molar-refractivity contribution in [3.63, 3.8) is 0 Å². The number of aryl methyl sites for hydroxylation is 1. The highest BCUT2D eigenvalue weighted by Crippen LogP contribution is 2.11. The van der Waals surface area contributed by atoms with Crippen molar-refractivity contribution in [2.75, 3.05) is 5.32 Å². The second kappa shape index (κ2) is 8.48. The van der Waals surface area contributed by atoms with Crippen molar-refractivity contribution in [3.8, 4) is 0 Å². The molecule has 0 unspecified atom stereocenters. The maximum absolute atomic E-state index is 11.8. The number of rotatable bonds is 7. The smallest absolute Gasteiger partial charge is 0.226 e. The van der Waals surface area contributed by atoms with Crippen LogP contribution in [0.3, 0.4) is 0 Å². The zero-order chi connectivity index (χ0) is 16.7. The van der Waals surface area contributed by atoms with Crippen molar-refractivity contribution in [2.24, 2.45) is 5.92 Å². The monoisotopic (exact) mass is 330 g/mol. The molecule has 2 aromatic rings. The molecular formula is C18H22N2O2S. The van der Waals surface area contributed by atoms with Crippen LogP contribution in [0.2, 0.25) is 0 Å². The van der Waals surface area contributed by atoms with Crippen LogP contribution in [0.1, 0.15) is 31.4 Å². The normalized spacial score (nSPS) is 10.6. The van der Waals surface area contributed by atoms with E-state index in [1.807, 2.05) is 49.6 Å². The zero-order valence-corrected chi connectivity index (χ0v) is 14.3. The number of thiophene rings is 1. The molecule has 1 heterocycles. The summed E-state index contributed by atoms with van der Waals surface area (Å²) in [6, 6.07) is 9.58. The van der Waals surface area contributed by atoms with Gasteiger partial charge in [0, 0.05) is 24.6 Å². The third kappa shape index (κ3) is 5.87. The van der Waals surface area contributed by atoms with Gasteiger partial charge in [0.05, 0.1) is 0 Å². The Morgan fingerprint density at radius 3 is 2.43 bits per heavy atom. The fourth-order valence-corrected chi connectivity index (χ4v) is 2.68. The van der Waals surface area contributed by atoms with Crippen LogP contribution in [0.5, 0.6) is 0 Å². The number of carbonyl (C=O) groups excluding carboxylic acids is 2. The quantitative estimate of drug-likeness (QED) is 0.815. The Bertz CT molecular complexity index is 634. The number of amides is 2. The van der Waals surface area contributed by atoms with E-state index in [4.69, 9.17) is 0 Å². The van der Waals surface area contributed by atoms with E-state index in [-0.39, 0.29) is 17.7 Å². The van der Waals surface area contributed by atoms with Gasteiger partial charge in [-0.25, -0.2) is 0 Å². The Kier molecular flexibility index (Phi) is 6.35. The van der Waals surface area contributed by atoms with Crippen LogP contribution in [0.25, 0.3) is 0 Å². The van der Waals surface area contributed by atoms with Gasteiger partial charge in [0.2, 0.25) is 11.8 Å². The fraction of sp³-hybridized carbons (Fsp3) is 0.333. The summed E-state index contributed by atoms with van der Waals surface area (Å²) in [5.41, 5.74) is 2.99. The van der Waals surface area contributed by atoms with Crippen LogP contribution < -0.4 is 10.6 Å². The first-order valence-electron chi connectivity index (χ1n) is 7.72. The van der Waals surface area contributed by atoms with Crippen molar-refractivity contribution in [3.05, 3.63) is 52.2 Å². The van der Waals surface area contributed by atoms with E-state index < -0.39 is 0 Å². The summed E-state index contributed by atoms with van der Waals surface area (Å²) in [6.07, 6.45) is 1.27. The fourth-order valence-electron chi connectivity index (χ4n) is 1.97. The number of nitrogens with one attached hydrogen (secondary N) is 2. The molecule has 4 nitrogen and oxygen atoms in total. The molecule has 2 amide bonds. The first kappa shape index (κ1) is 17.2. The molecule has 23 heavy (non-hydrogen) atoms. The number of benzene rings is 1. The molecule has 1 aromatic carbocycles. The van der Waals surface area contributed by atoms with E-state index in [9.17, 15) is 9.59 Å². The van der Waals surface area contributed by atoms with Gasteiger partial charge in [-0.15, -0.1) is 0 Å². The predicted molar refractivity (Wildman–Crippen MR) is 94.4 cm³/mol. The van der Waals surface area contributed by atoms with Crippen molar-refractivity contribution in [1.82, 2.24) is 5.32 Å². The second-order valence-corrected chi connectivity index (χ2v) is 6.53. The van der Waals surface area contributed by atoms with E-state index in [0.29, 0.717) is 13.0 Å². The molecule has 0 saturated carbocycles. The summed E-state index contributed by atoms with van der Waals surface area (Å²) in [4.78, 5) is 23.4. The lowest BCUT2D eigenvalue weighted by Crippen LogP contribution is -2.23. The third-order valence-corrected chi connectivity index (χ3v) is 4.19. The number of hydrogen-bond acceptors (Lipinski definition) is 3. The van der Waals surface area contributed by atoms with Crippen molar-refractivity contribution >= 4 is 28.8 Å². The lowest BCUT2D eigenvalue weighted by molar-refractivity contribution is -0.121. The van der Waals surface area contributed by atoms with Gasteiger partial charge in [0.25, 0.3) is 0 Å². The van der Waals surface area contributed by atoms with Crippen molar-refractivity contribution < 1.29 is 9.59 Å². The topological polar surface area (TPSA) is 58.2 Å². The molecule has 0 spiro atoms. The summed E-state index contributed by atoms with van der Waals surface area (Å²) in [5.74, 6) is 0.00469. The van der Waals surface area contributed by atoms with E-state index in [2.05, 4.69) is 16.0 Å². The molecule has 2 rings (SSSR count). The largest absolute Gasteiger partial charge is 0.352 e. The lowest BCUT2D eigenvalue weighted by atomic mass is 10.1. The molecule has 0 bridgehead atoms. The summed E-state index contributed by atoms with van der Waals surface area (Å²) in [5, 5.41) is 9.85. The molecule has 1 aromatic heterocycles. The van der Waals surface area contributed by atoms with Crippen molar-refractivity contribution in [2.45, 2.75) is 33.2 Å². The molecule has 0 aliphatic heterocycles. The van der Waals surface area contributed by atoms with Gasteiger partial charge >= 0.3 is 0 Å². The lowest BCUT2D eigenvalue weighted by Gasteiger charge is -2.09. The molecule has 0 radical (unpaired) electrons. The van der Waals surface area contributed by atoms with Crippen molar-refractivity contribution in [1.29, 1.82) is 0 Å². The highest BCUT2D eigenvalue weighted by Gasteiger charge is 2.07. The SMILES string of the molecule is CC(C)C(=O)Nc1ccc(CNC(=O)CCc2ccsc2)cc1. The minimum atomic E-state index is -0.0443. The zero-order valence-electron chi connectivity index (χ0n) is 13.5. The standard InChI is InChI=1S/C18H22N2O2S/c1-13(2)18(22)20-16-6-3-14(4-7-16)11-19-17(21)8-5-15-9-10-23-12-15/h3-4,6-7,9-10,12-13H,5,8,11H2,1-2H3,(H,19,21)(H,20,22). The Labute approximate surface area is 140 Å². The molecule has 122 valence electrons. The molecule has 0 saturated heterocycles. The summed E-state index contributed by atoms with van der Waals surface area (Å²) in [6.45, 7) is 4.21. The highest BCUT2D eigenvalue weighted by molar-refractivity contribution is 7.07. The first-order chi connectivity index (χ1) is 11.0. The summed E-state index contributed by atoms with van der Waals surface area (Å²) >= 11 is 1.65. The molecule has 2 N–H and O–H groups in total. The van der Waals surface area contributed by atoms with E-state index in [1.165, 1.54) is 5.56 Å². The maximum atomic E-state index is 11.8. The number of hydrogen-bond donors (Lipinski definition) is 2. The van der Waals surface area contributed by atoms with E-state index in [0.717, 1.165) is 17.7 Å². The Morgan fingerprint density at radius 1 is 1.09 bits per heavy atom. The Balaban J connectivity index is 1.75. The van der Waals surface area contributed by atoms with Gasteiger partial charge < -0.3 is 10.6 Å². The van der Waals surface area contributed by atoms with E-state index in [1.54, 1.807) is 11.3 Å². The average molecular weight is 330 g/mol. The summed E-state index contributed by atoms with van der Waals surface area (Å²) in [7, 11) is 0. The maximum Gasteiger partial charge on any atom is 0.226 e. The molecule has 0 atom stereocenters. The van der Waals surface area contributed by atoms with Gasteiger partial charge in [-0.2, -0.15) is 11.3 Å². The highest BCUT2D eigenvalue weighted by atomic mass is 32.1. The van der Waals surface area contributed by atoms with Crippen LogP contribution in [0.4, 0.5) is 5.69 Å². The third-order valence-electron chi connectivity index (χ3n) is 3.46. The van der Waals surface area contributed by atoms with Crippen LogP contribution in [0.15, 0.2) is 41.1 Å². The van der Waals surface area contributed by atoms with Crippen LogP contribution in [0, 0.1) is 5.92 Å². The molecule has 5 heteroatoms. The Morgan fingerprint density at radius 2 is 1.83 bits per heavy atom. The molecular weight excluding hydrogens is 308 g/mol. The van der Waals surface area contributed by atoms with Gasteiger partial charge in [-0.1, -0.05) is 26.0 Å². The molecule has 0 aliphatic rings. The summed E-state index contributed by atoms with van der Waals surface area (Å²) < 4.78 is 0. The number of anilines is 1. The molecule has 0 fully saturated rings. The minimum Gasteiger partial charge on any atom is -0.352 e. The predicted octanol–water partition coefficient (Wildman–Crippen LogP) is 3.59. The van der Waals surface area contributed by atoms with Crippen LogP contribution >= 0.6 is 11.3 Å². The molecule has 0 aliphatic carbocycles. The van der Waals surface area contributed by atoms with E-state index >= 15 is 0 Å².